The van der Waals surface area contributed by atoms with Gasteiger partial charge in [-0.05, 0) is 30.7 Å². The van der Waals surface area contributed by atoms with Gasteiger partial charge >= 0.3 is 7.82 Å². The zero-order valence-corrected chi connectivity index (χ0v) is 23.1. The van der Waals surface area contributed by atoms with Crippen LogP contribution in [0.4, 0.5) is 0 Å². The van der Waals surface area contributed by atoms with Crippen molar-refractivity contribution in [1.82, 2.24) is 15.0 Å². The molecule has 0 atom stereocenters. The lowest BCUT2D eigenvalue weighted by atomic mass is 10.1. The summed E-state index contributed by atoms with van der Waals surface area (Å²) in [5.41, 5.74) is 1.33. The molecule has 0 fully saturated rings. The van der Waals surface area contributed by atoms with Crippen LogP contribution in [-0.2, 0) is 25.9 Å². The number of phosphoric acid groups is 1. The Labute approximate surface area is 213 Å². The highest BCUT2D eigenvalue weighted by Crippen LogP contribution is 2.43. The van der Waals surface area contributed by atoms with E-state index in [1.807, 2.05) is 26.0 Å². The molecule has 2 aromatic rings. The highest BCUT2D eigenvalue weighted by atomic mass is 31.2. The van der Waals surface area contributed by atoms with Gasteiger partial charge in [-0.25, -0.2) is 15.1 Å². The van der Waals surface area contributed by atoms with Crippen LogP contribution in [0.25, 0.3) is 11.3 Å². The van der Waals surface area contributed by atoms with Crippen molar-refractivity contribution in [2.75, 3.05) is 28.4 Å². The molecular weight excluding hydrogens is 491 g/mol. The molecule has 0 aliphatic heterocycles. The van der Waals surface area contributed by atoms with Crippen molar-refractivity contribution in [3.8, 4) is 22.8 Å². The third-order valence-corrected chi connectivity index (χ3v) is 4.14. The summed E-state index contributed by atoms with van der Waals surface area (Å²) in [7, 11) is 3.03. The zero-order valence-electron chi connectivity index (χ0n) is 22.2. The Balaban J connectivity index is 0. The first kappa shape index (κ1) is 35.0. The molecule has 1 aromatic heterocycles. The minimum Gasteiger partial charge on any atom is -0.497 e. The average molecular weight is 531 g/mol. The van der Waals surface area contributed by atoms with Crippen LogP contribution in [-0.4, -0.2) is 53.2 Å². The molecule has 0 spiro atoms. The summed E-state index contributed by atoms with van der Waals surface area (Å²) in [6, 6.07) is 4.72. The first-order valence-corrected chi connectivity index (χ1v) is 12.3. The second kappa shape index (κ2) is 20.1. The molecule has 0 saturated heterocycles. The van der Waals surface area contributed by atoms with Crippen LogP contribution in [0.1, 0.15) is 27.2 Å². The number of nitrogens with two attached hydrogens (primary N) is 1. The van der Waals surface area contributed by atoms with E-state index in [0.717, 1.165) is 12.2 Å². The lowest BCUT2D eigenvalue weighted by Crippen LogP contribution is -1.97. The number of methoxy groups -OCH3 is 3. The Bertz CT molecular complexity index is 986. The van der Waals surface area contributed by atoms with Crippen molar-refractivity contribution in [2.24, 2.45) is 12.9 Å². The number of hydrogen-bond donors (Lipinski definition) is 3. The maximum absolute atomic E-state index is 10.9. The summed E-state index contributed by atoms with van der Waals surface area (Å²) in [6.07, 6.45) is 8.16. The molecule has 0 bridgehead atoms. The minimum atomic E-state index is -4.65. The van der Waals surface area contributed by atoms with Crippen LogP contribution < -0.4 is 15.2 Å². The number of allylic oxidation sites excluding steroid dienone is 3. The van der Waals surface area contributed by atoms with Crippen molar-refractivity contribution in [2.45, 2.75) is 27.2 Å². The van der Waals surface area contributed by atoms with Gasteiger partial charge in [-0.2, -0.15) is 0 Å². The second-order valence-electron chi connectivity index (χ2n) is 6.16. The molecule has 0 amide bonds. The first-order chi connectivity index (χ1) is 17.1. The highest BCUT2D eigenvalue weighted by molar-refractivity contribution is 7.46. The van der Waals surface area contributed by atoms with E-state index < -0.39 is 7.82 Å². The molecule has 0 saturated carbocycles. The summed E-state index contributed by atoms with van der Waals surface area (Å²) < 4.78 is 32.0. The predicted octanol–water partition coefficient (Wildman–Crippen LogP) is 4.14. The topological polar surface area (TPSA) is 160 Å². The molecule has 0 aliphatic carbocycles. The third kappa shape index (κ3) is 15.0. The fraction of sp³-hybridized carbons (Fsp3) is 0.391. The summed E-state index contributed by atoms with van der Waals surface area (Å²) in [6.45, 7) is 9.72. The van der Waals surface area contributed by atoms with Crippen LogP contribution in [0.15, 0.2) is 60.7 Å². The molecule has 204 valence electrons. The van der Waals surface area contributed by atoms with Crippen molar-refractivity contribution < 1.29 is 37.9 Å². The number of rotatable bonds is 9. The van der Waals surface area contributed by atoms with Crippen LogP contribution >= 0.6 is 7.82 Å². The number of nitrogens with zero attached hydrogens (tertiary/aromatic N) is 3. The summed E-state index contributed by atoms with van der Waals surface area (Å²) in [5, 5.41) is 7.51. The number of hydrogen-bond acceptors (Lipinski definition) is 9. The van der Waals surface area contributed by atoms with Crippen LogP contribution in [0, 0.1) is 0 Å². The van der Waals surface area contributed by atoms with Gasteiger partial charge in [0, 0.05) is 18.7 Å². The average Bonchev–Trinajstić information content (AvgIpc) is 3.28. The molecule has 4 N–H and O–H groups in total. The first-order valence-electron chi connectivity index (χ1n) is 10.7. The summed E-state index contributed by atoms with van der Waals surface area (Å²) in [5.74, 6) is 5.87. The SMILES string of the molecule is C=C(/C=C(\C=C/CC)OC)OC.CC.CON.COc1ccc(-c2cnnn2C)cc1OP(=O)(O)O. The molecule has 0 aliphatic rings. The second-order valence-corrected chi connectivity index (χ2v) is 7.32. The lowest BCUT2D eigenvalue weighted by Gasteiger charge is -2.12. The summed E-state index contributed by atoms with van der Waals surface area (Å²) in [4.78, 5) is 21.5. The van der Waals surface area contributed by atoms with E-state index in [4.69, 9.17) is 24.0 Å². The van der Waals surface area contributed by atoms with Crippen molar-refractivity contribution in [3.63, 3.8) is 0 Å². The van der Waals surface area contributed by atoms with Gasteiger partial charge in [0.05, 0.1) is 40.3 Å². The van der Waals surface area contributed by atoms with Gasteiger partial charge in [0.2, 0.25) is 0 Å². The van der Waals surface area contributed by atoms with Gasteiger partial charge in [-0.3, -0.25) is 9.79 Å². The Kier molecular flexibility index (Phi) is 19.5. The Morgan fingerprint density at radius 1 is 1.17 bits per heavy atom. The van der Waals surface area contributed by atoms with Crippen LogP contribution in [0.2, 0.25) is 0 Å². The largest absolute Gasteiger partial charge is 0.524 e. The number of benzene rings is 1. The van der Waals surface area contributed by atoms with Crippen molar-refractivity contribution in [1.29, 1.82) is 0 Å². The molecule has 13 heteroatoms. The van der Waals surface area contributed by atoms with Crippen LogP contribution in [0.3, 0.4) is 0 Å². The molecule has 1 aromatic carbocycles. The molecule has 0 unspecified atom stereocenters. The molecule has 1 heterocycles. The van der Waals surface area contributed by atoms with Gasteiger partial charge in [0.1, 0.15) is 11.5 Å². The van der Waals surface area contributed by atoms with E-state index in [-0.39, 0.29) is 11.5 Å². The molecule has 0 radical (unpaired) electrons. The molecule has 12 nitrogen and oxygen atoms in total. The van der Waals surface area contributed by atoms with E-state index in [0.29, 0.717) is 17.0 Å². The van der Waals surface area contributed by atoms with E-state index >= 15 is 0 Å². The monoisotopic (exact) mass is 530 g/mol. The van der Waals surface area contributed by atoms with E-state index in [1.165, 1.54) is 31.2 Å². The van der Waals surface area contributed by atoms with Gasteiger partial charge in [0.15, 0.2) is 11.5 Å². The smallest absolute Gasteiger partial charge is 0.497 e. The molecule has 36 heavy (non-hydrogen) atoms. The Hall–Kier alpha value is -3.15. The molecule has 2 rings (SSSR count). The van der Waals surface area contributed by atoms with Gasteiger partial charge in [-0.15, -0.1) is 5.10 Å². The van der Waals surface area contributed by atoms with E-state index in [2.05, 4.69) is 39.1 Å². The van der Waals surface area contributed by atoms with Gasteiger partial charge < -0.3 is 23.6 Å². The quantitative estimate of drug-likeness (QED) is 0.185. The number of phosphoric ester groups is 1. The Morgan fingerprint density at radius 2 is 1.78 bits per heavy atom. The van der Waals surface area contributed by atoms with E-state index in [9.17, 15) is 4.57 Å². The van der Waals surface area contributed by atoms with E-state index in [1.54, 1.807) is 39.5 Å². The molecular formula is C23H39N4O8P. The predicted molar refractivity (Wildman–Crippen MR) is 139 cm³/mol. The van der Waals surface area contributed by atoms with Crippen LogP contribution in [0.5, 0.6) is 11.5 Å². The highest BCUT2D eigenvalue weighted by Gasteiger charge is 2.20. The lowest BCUT2D eigenvalue weighted by molar-refractivity contribution is 0.206. The number of aryl methyl sites for hydroxylation is 1. The maximum Gasteiger partial charge on any atom is 0.524 e. The van der Waals surface area contributed by atoms with Crippen molar-refractivity contribution >= 4 is 7.82 Å². The zero-order chi connectivity index (χ0) is 28.1. The number of ether oxygens (including phenoxy) is 3. The maximum atomic E-state index is 10.9. The van der Waals surface area contributed by atoms with Crippen molar-refractivity contribution in [3.05, 3.63) is 60.7 Å². The summed E-state index contributed by atoms with van der Waals surface area (Å²) >= 11 is 0. The fourth-order valence-electron chi connectivity index (χ4n) is 2.21. The standard InChI is InChI=1S/C10H12N3O5P.C10H16O2.C2H6.CH5NO/c1-13-8(6-11-12-13)7-3-4-9(17-2)10(5-7)18-19(14,15)16;1-5-6-7-10(12-4)8-9(2)11-3;1-2;1-3-2/h3-6H,1-2H3,(H2,14,15,16);6-8H,2,5H2,1,3-4H3;1-2H3;2H2,1H3/b;7-6-,10-8+;;. The number of aromatic nitrogens is 3. The Morgan fingerprint density at radius 3 is 2.19 bits per heavy atom. The third-order valence-electron chi connectivity index (χ3n) is 3.71. The minimum absolute atomic E-state index is 0.0467. The fourth-order valence-corrected chi connectivity index (χ4v) is 2.61. The van der Waals surface area contributed by atoms with Gasteiger partial charge in [-0.1, -0.05) is 38.6 Å². The van der Waals surface area contributed by atoms with Gasteiger partial charge in [0.25, 0.3) is 0 Å². The normalized spacial score (nSPS) is 10.6.